The minimum absolute atomic E-state index is 0.00239. The molecule has 13 rings (SSSR count). The summed E-state index contributed by atoms with van der Waals surface area (Å²) < 4.78 is 17.9. The number of piperidine rings is 4. The number of imidazole rings is 1. The molecule has 450 valence electrons. The van der Waals surface area contributed by atoms with E-state index >= 15 is 9.18 Å². The average Bonchev–Trinajstić information content (AvgIpc) is 1.58. The van der Waals surface area contributed by atoms with E-state index in [1.165, 1.54) is 31.4 Å². The second kappa shape index (κ2) is 22.6. The van der Waals surface area contributed by atoms with Crippen molar-refractivity contribution in [1.82, 2.24) is 44.8 Å². The fourth-order valence-electron chi connectivity index (χ4n) is 14.5. The fourth-order valence-corrected chi connectivity index (χ4v) is 14.5. The molecule has 2 aromatic heterocycles. The summed E-state index contributed by atoms with van der Waals surface area (Å²) in [4.78, 5) is 127. The first-order valence-corrected chi connectivity index (χ1v) is 30.9. The largest absolute Gasteiger partial charge is 0.350 e. The van der Waals surface area contributed by atoms with Crippen molar-refractivity contribution in [2.75, 3.05) is 49.5 Å². The Morgan fingerprint density at radius 1 is 0.724 bits per heavy atom. The summed E-state index contributed by atoms with van der Waals surface area (Å²) in [5.74, 6) is -2.91. The number of aryl methyl sites for hydroxylation is 1. The van der Waals surface area contributed by atoms with Crippen LogP contribution >= 0.6 is 0 Å². The first-order chi connectivity index (χ1) is 41.8. The predicted octanol–water partition coefficient (Wildman–Crippen LogP) is 8.97. The third-order valence-corrected chi connectivity index (χ3v) is 19.4. The summed E-state index contributed by atoms with van der Waals surface area (Å²) in [5.41, 5.74) is 6.76. The van der Waals surface area contributed by atoms with Gasteiger partial charge in [0, 0.05) is 84.7 Å². The van der Waals surface area contributed by atoms with E-state index in [9.17, 15) is 33.6 Å². The van der Waals surface area contributed by atoms with E-state index in [2.05, 4.69) is 33.0 Å². The highest BCUT2D eigenvalue weighted by molar-refractivity contribution is 6.23. The van der Waals surface area contributed by atoms with Gasteiger partial charge in [-0.1, -0.05) is 24.6 Å². The van der Waals surface area contributed by atoms with Crippen LogP contribution in [0.1, 0.15) is 179 Å². The van der Waals surface area contributed by atoms with Crippen LogP contribution in [0.3, 0.4) is 0 Å². The maximum Gasteiger partial charge on any atom is 0.262 e. The maximum atomic E-state index is 16.0. The molecule has 6 aromatic rings. The Labute approximate surface area is 504 Å². The monoisotopic (exact) mass is 1180 g/mol. The Morgan fingerprint density at radius 2 is 1.40 bits per heavy atom. The van der Waals surface area contributed by atoms with Crippen molar-refractivity contribution in [1.29, 1.82) is 0 Å². The van der Waals surface area contributed by atoms with Gasteiger partial charge in [0.25, 0.3) is 29.5 Å². The quantitative estimate of drug-likeness (QED) is 0.0978. The van der Waals surface area contributed by atoms with Crippen molar-refractivity contribution >= 4 is 75.5 Å². The van der Waals surface area contributed by atoms with Crippen LogP contribution in [-0.4, -0.2) is 145 Å². The summed E-state index contributed by atoms with van der Waals surface area (Å²) in [5, 5.41) is 8.41. The Hall–Kier alpha value is -8.65. The number of halogens is 1. The van der Waals surface area contributed by atoms with Crippen molar-refractivity contribution in [2.45, 2.75) is 147 Å². The van der Waals surface area contributed by atoms with E-state index in [4.69, 9.17) is 9.97 Å². The molecule has 8 amide bonds. The molecule has 0 radical (unpaired) electrons. The number of fused-ring (bicyclic) bond motifs is 4. The minimum Gasteiger partial charge on any atom is -0.350 e. The minimum atomic E-state index is -1.04. The zero-order chi connectivity index (χ0) is 60.7. The molecule has 19 nitrogen and oxygen atoms in total. The number of hydrogen-bond acceptors (Lipinski definition) is 12. The summed E-state index contributed by atoms with van der Waals surface area (Å²) in [6.45, 7) is 13.3. The van der Waals surface area contributed by atoms with Gasteiger partial charge in [-0.05, 0) is 189 Å². The van der Waals surface area contributed by atoms with Crippen LogP contribution in [0.4, 0.5) is 21.6 Å². The number of amides is 8. The van der Waals surface area contributed by atoms with E-state index in [0.717, 1.165) is 53.2 Å². The molecule has 1 aliphatic carbocycles. The van der Waals surface area contributed by atoms with Crippen LogP contribution in [0.2, 0.25) is 0 Å². The zero-order valence-electron chi connectivity index (χ0n) is 49.8. The maximum absolute atomic E-state index is 16.0. The summed E-state index contributed by atoms with van der Waals surface area (Å²) in [6, 6.07) is 22.1. The van der Waals surface area contributed by atoms with E-state index in [1.54, 1.807) is 54.5 Å². The lowest BCUT2D eigenvalue weighted by Gasteiger charge is -2.48. The number of anilines is 3. The highest BCUT2D eigenvalue weighted by atomic mass is 19.1. The second-order valence-electron chi connectivity index (χ2n) is 25.4. The normalized spacial score (nSPS) is 21.5. The van der Waals surface area contributed by atoms with Gasteiger partial charge in [-0.25, -0.2) is 14.4 Å². The number of nitrogens with zero attached hydrogens (tertiary/aromatic N) is 8. The number of imide groups is 2. The van der Waals surface area contributed by atoms with Crippen LogP contribution < -0.4 is 20.9 Å². The Balaban J connectivity index is 0.708. The van der Waals surface area contributed by atoms with Crippen LogP contribution in [0.5, 0.6) is 0 Å². The lowest BCUT2D eigenvalue weighted by atomic mass is 9.73. The van der Waals surface area contributed by atoms with E-state index < -0.39 is 40.9 Å². The number of benzene rings is 4. The first kappa shape index (κ1) is 57.4. The van der Waals surface area contributed by atoms with E-state index in [-0.39, 0.29) is 77.3 Å². The molecule has 5 fully saturated rings. The molecule has 3 N–H and O–H groups in total. The molecule has 20 heteroatoms. The van der Waals surface area contributed by atoms with Gasteiger partial charge < -0.3 is 34.8 Å². The number of nitrogens with one attached hydrogen (secondary N) is 3. The number of hydrogen-bond donors (Lipinski definition) is 3. The first-order valence-electron chi connectivity index (χ1n) is 30.9. The van der Waals surface area contributed by atoms with Crippen molar-refractivity contribution < 1.29 is 42.7 Å². The van der Waals surface area contributed by atoms with Crippen molar-refractivity contribution in [2.24, 2.45) is 0 Å². The second-order valence-corrected chi connectivity index (χ2v) is 25.4. The standard InChI is InChI=1S/C67H72FN11O8/c1-37(2)70-60(81)48-34-53(51(68)29-39(48)5)72-59-58-54(69-36-77(58)38(3)4)35-52(71-59)44-14-16-50-56(31-44)78(46-32-45(33-46)74-23-7-6-8-24-74)66(87)67(50)21-27-76(28-22-67)63(84)42-11-9-41(10-12-42)62(83)75-25-19-40(20-26-75)43-13-15-47-49(30-43)65(86)79(64(47)85)55-17-18-57(80)73-61(55)82/h9-16,29-31,34-38,40,45-46,55H,6-8,17-28,32-33H2,1-5H3,(H,70,81)(H,71,72)(H,73,80,82)/t45-,46+,55?. The number of carbonyl (C=O) groups excluding carboxylic acids is 8. The molecule has 1 atom stereocenters. The predicted molar refractivity (Wildman–Crippen MR) is 324 cm³/mol. The molecule has 1 unspecified atom stereocenters. The van der Waals surface area contributed by atoms with E-state index in [0.29, 0.717) is 103 Å². The molecule has 4 saturated heterocycles. The smallest absolute Gasteiger partial charge is 0.262 e. The van der Waals surface area contributed by atoms with Crippen LogP contribution in [-0.2, 0) is 19.8 Å². The van der Waals surface area contributed by atoms with Gasteiger partial charge in [0.05, 0.1) is 39.8 Å². The Bertz CT molecular complexity index is 3850. The number of pyridine rings is 1. The zero-order valence-corrected chi connectivity index (χ0v) is 49.8. The van der Waals surface area contributed by atoms with Gasteiger partial charge >= 0.3 is 0 Å². The van der Waals surface area contributed by atoms with Gasteiger partial charge in [0.15, 0.2) is 5.82 Å². The van der Waals surface area contributed by atoms with Gasteiger partial charge in [0.2, 0.25) is 17.7 Å². The van der Waals surface area contributed by atoms with Crippen LogP contribution in [0.15, 0.2) is 85.2 Å². The molecule has 1 saturated carbocycles. The number of rotatable bonds is 12. The van der Waals surface area contributed by atoms with Gasteiger partial charge in [-0.15, -0.1) is 0 Å². The summed E-state index contributed by atoms with van der Waals surface area (Å²) in [6.07, 6.45) is 9.33. The summed E-state index contributed by atoms with van der Waals surface area (Å²) >= 11 is 0. The molecule has 8 heterocycles. The Morgan fingerprint density at radius 3 is 2.07 bits per heavy atom. The number of aromatic nitrogens is 3. The molecule has 1 spiro atoms. The number of likely N-dealkylation sites (tertiary alicyclic amines) is 3. The van der Waals surface area contributed by atoms with Gasteiger partial charge in [-0.3, -0.25) is 48.6 Å². The van der Waals surface area contributed by atoms with Crippen molar-refractivity contribution in [3.05, 3.63) is 136 Å². The third kappa shape index (κ3) is 10.2. The molecule has 7 aliphatic rings. The van der Waals surface area contributed by atoms with Crippen molar-refractivity contribution in [3.8, 4) is 11.3 Å². The van der Waals surface area contributed by atoms with Gasteiger partial charge in [-0.2, -0.15) is 0 Å². The fraction of sp³-hybridized carbons (Fsp3) is 0.433. The topological polar surface area (TPSA) is 220 Å². The lowest BCUT2D eigenvalue weighted by molar-refractivity contribution is -0.136. The SMILES string of the molecule is Cc1cc(F)c(Nc2nc(-c3ccc4c(c3)N([C@H]3C[C@@H](N5CCCCC5)C3)C(=O)C43CCN(C(=O)c4ccc(C(=O)N5CCC(c6ccc7c(c6)C(=O)N(C6CCC(=O)NC6=O)C7=O)CC5)cc4)CC3)cc3ncn(C(C)C)c23)cc1C(=O)NC(C)C. The summed E-state index contributed by atoms with van der Waals surface area (Å²) in [7, 11) is 0. The lowest BCUT2D eigenvalue weighted by Crippen LogP contribution is -2.58. The van der Waals surface area contributed by atoms with Crippen LogP contribution in [0.25, 0.3) is 22.3 Å². The van der Waals surface area contributed by atoms with Gasteiger partial charge in [0.1, 0.15) is 17.4 Å². The molecular weight excluding hydrogens is 1110 g/mol. The van der Waals surface area contributed by atoms with Crippen LogP contribution in [0, 0.1) is 12.7 Å². The number of carbonyl (C=O) groups is 8. The third-order valence-electron chi connectivity index (χ3n) is 19.4. The molecule has 0 bridgehead atoms. The average molecular weight is 1180 g/mol. The highest BCUT2D eigenvalue weighted by Crippen LogP contribution is 2.52. The molecule has 6 aliphatic heterocycles. The molecule has 4 aromatic carbocycles. The highest BCUT2D eigenvalue weighted by Gasteiger charge is 2.56. The van der Waals surface area contributed by atoms with Crippen molar-refractivity contribution in [3.63, 3.8) is 0 Å². The Kier molecular flexibility index (Phi) is 14.9. The molecule has 87 heavy (non-hydrogen) atoms. The van der Waals surface area contributed by atoms with E-state index in [1.807, 2.05) is 60.3 Å². The molecular formula is C67H72FN11O8.